The fraction of sp³-hybridized carbons (Fsp3) is 0.385. The summed E-state index contributed by atoms with van der Waals surface area (Å²) < 4.78 is 5.16. The third kappa shape index (κ3) is 2.40. The van der Waals surface area contributed by atoms with Gasteiger partial charge in [0.05, 0.1) is 18.1 Å². The number of H-pyrrole nitrogens is 1. The van der Waals surface area contributed by atoms with Crippen LogP contribution in [0.25, 0.3) is 11.0 Å². The number of carbonyl (C=O) groups excluding carboxylic acids is 1. The molecule has 0 spiro atoms. The second-order valence-electron chi connectivity index (χ2n) is 5.30. The van der Waals surface area contributed by atoms with Crippen molar-refractivity contribution in [1.82, 2.24) is 15.0 Å². The number of hydrogen-bond acceptors (Lipinski definition) is 5. The summed E-state index contributed by atoms with van der Waals surface area (Å²) in [5, 5.41) is 12.2. The van der Waals surface area contributed by atoms with Crippen LogP contribution < -0.4 is 10.1 Å². The maximum Gasteiger partial charge on any atom is 0.234 e. The zero-order valence-corrected chi connectivity index (χ0v) is 11.7. The number of nitrogens with one attached hydrogen (secondary N) is 2. The van der Waals surface area contributed by atoms with Gasteiger partial charge in [-0.05, 0) is 0 Å². The van der Waals surface area contributed by atoms with Crippen molar-refractivity contribution in [3.8, 4) is 11.9 Å². The van der Waals surface area contributed by atoms with E-state index in [1.807, 2.05) is 6.07 Å². The number of hydrogen-bond donors (Lipinski definition) is 2. The number of nitrogens with zero attached hydrogens (tertiary/aromatic N) is 3. The Morgan fingerprint density at radius 2 is 2.15 bits per heavy atom. The van der Waals surface area contributed by atoms with Crippen molar-refractivity contribution in [3.05, 3.63) is 11.8 Å². The summed E-state index contributed by atoms with van der Waals surface area (Å²) >= 11 is 0. The minimum atomic E-state index is -0.556. The molecule has 104 valence electrons. The van der Waals surface area contributed by atoms with Crippen LogP contribution in [0.5, 0.6) is 5.88 Å². The standard InChI is InChI=1S/C13H15N5O2/c1-13(2,3)11(19)18-12-16-9-8(10(17-12)20-4)7(5-14)6-15-9/h6H,1-4H3,(H2,15,16,17,18,19). The quantitative estimate of drug-likeness (QED) is 0.868. The van der Waals surface area contributed by atoms with Crippen molar-refractivity contribution in [2.75, 3.05) is 12.4 Å². The van der Waals surface area contributed by atoms with Crippen LogP contribution in [0.15, 0.2) is 6.20 Å². The molecule has 0 aliphatic heterocycles. The minimum Gasteiger partial charge on any atom is -0.480 e. The second kappa shape index (κ2) is 4.81. The average Bonchev–Trinajstić information content (AvgIpc) is 2.79. The Morgan fingerprint density at radius 3 is 2.70 bits per heavy atom. The van der Waals surface area contributed by atoms with E-state index in [9.17, 15) is 4.79 Å². The first-order chi connectivity index (χ1) is 9.36. The summed E-state index contributed by atoms with van der Waals surface area (Å²) in [4.78, 5) is 23.1. The van der Waals surface area contributed by atoms with E-state index in [2.05, 4.69) is 20.3 Å². The lowest BCUT2D eigenvalue weighted by Gasteiger charge is -2.16. The predicted octanol–water partition coefficient (Wildman–Crippen LogP) is 1.82. The molecule has 2 N–H and O–H groups in total. The highest BCUT2D eigenvalue weighted by Gasteiger charge is 2.23. The average molecular weight is 273 g/mol. The zero-order valence-electron chi connectivity index (χ0n) is 11.7. The Hall–Kier alpha value is -2.62. The molecule has 0 aromatic carbocycles. The molecule has 0 unspecified atom stereocenters. The Kier molecular flexibility index (Phi) is 3.32. The molecule has 0 fully saturated rings. The number of anilines is 1. The Balaban J connectivity index is 2.48. The van der Waals surface area contributed by atoms with Crippen molar-refractivity contribution in [2.24, 2.45) is 5.41 Å². The largest absolute Gasteiger partial charge is 0.480 e. The molecule has 2 heterocycles. The molecule has 7 nitrogen and oxygen atoms in total. The minimum absolute atomic E-state index is 0.139. The number of ether oxygens (including phenoxy) is 1. The van der Waals surface area contributed by atoms with Gasteiger partial charge in [0.1, 0.15) is 11.7 Å². The van der Waals surface area contributed by atoms with Crippen LogP contribution in [0.3, 0.4) is 0 Å². The Labute approximate surface area is 116 Å². The fourth-order valence-electron chi connectivity index (χ4n) is 1.58. The fourth-order valence-corrected chi connectivity index (χ4v) is 1.58. The van der Waals surface area contributed by atoms with E-state index >= 15 is 0 Å². The summed E-state index contributed by atoms with van der Waals surface area (Å²) in [5.41, 5.74) is 0.280. The van der Waals surface area contributed by atoms with E-state index in [1.165, 1.54) is 13.3 Å². The normalized spacial score (nSPS) is 11.2. The number of fused-ring (bicyclic) bond motifs is 1. The van der Waals surface area contributed by atoms with E-state index in [1.54, 1.807) is 20.8 Å². The van der Waals surface area contributed by atoms with Crippen LogP contribution in [0.4, 0.5) is 5.95 Å². The lowest BCUT2D eigenvalue weighted by atomic mass is 9.96. The first-order valence-corrected chi connectivity index (χ1v) is 6.01. The molecule has 0 bridgehead atoms. The van der Waals surface area contributed by atoms with Crippen LogP contribution in [-0.2, 0) is 4.79 Å². The number of rotatable bonds is 2. The van der Waals surface area contributed by atoms with E-state index in [4.69, 9.17) is 10.00 Å². The van der Waals surface area contributed by atoms with Gasteiger partial charge in [0, 0.05) is 11.6 Å². The van der Waals surface area contributed by atoms with Gasteiger partial charge in [0.25, 0.3) is 0 Å². The zero-order chi connectivity index (χ0) is 14.9. The van der Waals surface area contributed by atoms with Gasteiger partial charge in [-0.1, -0.05) is 20.8 Å². The number of aromatic amines is 1. The van der Waals surface area contributed by atoms with E-state index < -0.39 is 5.41 Å². The molecule has 0 saturated heterocycles. The predicted molar refractivity (Wildman–Crippen MR) is 73.2 cm³/mol. The molecule has 7 heteroatoms. The van der Waals surface area contributed by atoms with Crippen LogP contribution in [0, 0.1) is 16.7 Å². The summed E-state index contributed by atoms with van der Waals surface area (Å²) in [6.45, 7) is 5.38. The number of methoxy groups -OCH3 is 1. The molecule has 0 aliphatic rings. The van der Waals surface area contributed by atoms with Gasteiger partial charge in [-0.25, -0.2) is 0 Å². The highest BCUT2D eigenvalue weighted by Crippen LogP contribution is 2.27. The molecule has 2 aromatic heterocycles. The van der Waals surface area contributed by atoms with E-state index in [-0.39, 0.29) is 17.7 Å². The highest BCUT2D eigenvalue weighted by atomic mass is 16.5. The van der Waals surface area contributed by atoms with Crippen molar-refractivity contribution >= 4 is 22.9 Å². The summed E-state index contributed by atoms with van der Waals surface area (Å²) in [6.07, 6.45) is 1.53. The van der Waals surface area contributed by atoms with Crippen LogP contribution in [-0.4, -0.2) is 28.0 Å². The van der Waals surface area contributed by atoms with Gasteiger partial charge in [0.15, 0.2) is 0 Å². The summed E-state index contributed by atoms with van der Waals surface area (Å²) in [5.74, 6) is 0.184. The summed E-state index contributed by atoms with van der Waals surface area (Å²) in [6, 6.07) is 2.03. The SMILES string of the molecule is COc1nc(NC(=O)C(C)(C)C)nc2[nH]cc(C#N)c12. The van der Waals surface area contributed by atoms with Gasteiger partial charge in [-0.15, -0.1) is 0 Å². The summed E-state index contributed by atoms with van der Waals surface area (Å²) in [7, 11) is 1.45. The highest BCUT2D eigenvalue weighted by molar-refractivity contribution is 5.95. The van der Waals surface area contributed by atoms with Gasteiger partial charge in [0.2, 0.25) is 17.7 Å². The van der Waals surface area contributed by atoms with Gasteiger partial charge >= 0.3 is 0 Å². The monoisotopic (exact) mass is 273 g/mol. The van der Waals surface area contributed by atoms with Crippen LogP contribution in [0.2, 0.25) is 0 Å². The topological polar surface area (TPSA) is 104 Å². The lowest BCUT2D eigenvalue weighted by molar-refractivity contribution is -0.123. The maximum atomic E-state index is 11.9. The molecule has 2 rings (SSSR count). The number of amides is 1. The van der Waals surface area contributed by atoms with Gasteiger partial charge in [-0.2, -0.15) is 15.2 Å². The Morgan fingerprint density at radius 1 is 1.45 bits per heavy atom. The van der Waals surface area contributed by atoms with Crippen molar-refractivity contribution in [1.29, 1.82) is 5.26 Å². The van der Waals surface area contributed by atoms with Crippen molar-refractivity contribution in [3.63, 3.8) is 0 Å². The first-order valence-electron chi connectivity index (χ1n) is 6.01. The van der Waals surface area contributed by atoms with Crippen molar-refractivity contribution in [2.45, 2.75) is 20.8 Å². The molecule has 2 aromatic rings. The molecule has 1 amide bonds. The smallest absolute Gasteiger partial charge is 0.234 e. The lowest BCUT2D eigenvalue weighted by Crippen LogP contribution is -2.28. The van der Waals surface area contributed by atoms with E-state index in [0.717, 1.165) is 0 Å². The van der Waals surface area contributed by atoms with E-state index in [0.29, 0.717) is 16.6 Å². The molecule has 0 radical (unpaired) electrons. The molecule has 20 heavy (non-hydrogen) atoms. The molecular weight excluding hydrogens is 258 g/mol. The van der Waals surface area contributed by atoms with Gasteiger partial charge in [-0.3, -0.25) is 10.1 Å². The third-order valence-corrected chi connectivity index (χ3v) is 2.72. The number of aromatic nitrogens is 3. The Bertz CT molecular complexity index is 706. The maximum absolute atomic E-state index is 11.9. The van der Waals surface area contributed by atoms with Gasteiger partial charge < -0.3 is 9.72 Å². The number of nitriles is 1. The molecule has 0 aliphatic carbocycles. The molecular formula is C13H15N5O2. The molecule has 0 atom stereocenters. The third-order valence-electron chi connectivity index (χ3n) is 2.72. The number of carbonyl (C=O) groups is 1. The van der Waals surface area contributed by atoms with Crippen LogP contribution in [0.1, 0.15) is 26.3 Å². The van der Waals surface area contributed by atoms with Crippen LogP contribution >= 0.6 is 0 Å². The second-order valence-corrected chi connectivity index (χ2v) is 5.30. The first kappa shape index (κ1) is 13.8. The molecule has 0 saturated carbocycles. The van der Waals surface area contributed by atoms with Crippen molar-refractivity contribution < 1.29 is 9.53 Å².